The number of hydrogen-bond donors (Lipinski definition) is 2. The van der Waals surface area contributed by atoms with Crippen LogP contribution in [0.3, 0.4) is 0 Å². The fourth-order valence-electron chi connectivity index (χ4n) is 8.87. The Morgan fingerprint density at radius 1 is 0.621 bits per heavy atom. The molecule has 0 aliphatic carbocycles. The molecule has 0 bridgehead atoms. The standard InChI is InChI=1S/C52H47ClFN5O7/c1-61-39-23-15-34(16-24-39)51(33-11-7-5-8-12-33,35-17-25-40(62-2)26-18-35)58-47-45-48(57-50(53)56-47)59(32-55-45)49-44(54)46(43(31-60)65-49)66-52(36-13-9-6-10-14-36,37-19-27-41(63-3)28-20-37)38-21-29-42(64-4)30-22-38/h5-30,32,43-44,46,49,60H,31H2,1-4H3,(H,56,57,58)/t43-,44-,46?,49-/m1/s1. The summed E-state index contributed by atoms with van der Waals surface area (Å²) in [5, 5.41) is 14.5. The van der Waals surface area contributed by atoms with Gasteiger partial charge in [-0.25, -0.2) is 9.37 Å². The van der Waals surface area contributed by atoms with Gasteiger partial charge in [0.2, 0.25) is 5.28 Å². The molecule has 2 N–H and O–H groups in total. The van der Waals surface area contributed by atoms with Crippen molar-refractivity contribution in [1.29, 1.82) is 0 Å². The molecule has 336 valence electrons. The summed E-state index contributed by atoms with van der Waals surface area (Å²) in [5.41, 5.74) is 2.59. The molecule has 9 rings (SSSR count). The van der Waals surface area contributed by atoms with Crippen LogP contribution in [0.4, 0.5) is 10.2 Å². The summed E-state index contributed by atoms with van der Waals surface area (Å²) in [7, 11) is 6.42. The molecule has 1 aliphatic rings. The molecule has 1 unspecified atom stereocenters. The number of nitrogens with zero attached hydrogens (tertiary/aromatic N) is 4. The summed E-state index contributed by atoms with van der Waals surface area (Å²) in [5.74, 6) is 2.88. The number of aliphatic hydroxyl groups is 1. The van der Waals surface area contributed by atoms with E-state index in [9.17, 15) is 5.11 Å². The number of nitrogens with one attached hydrogen (secondary N) is 1. The molecule has 1 fully saturated rings. The van der Waals surface area contributed by atoms with E-state index < -0.39 is 42.4 Å². The Bertz CT molecular complexity index is 2780. The van der Waals surface area contributed by atoms with Crippen LogP contribution >= 0.6 is 11.6 Å². The maximum absolute atomic E-state index is 17.8. The second-order valence-electron chi connectivity index (χ2n) is 15.6. The Hall–Kier alpha value is -7.03. The van der Waals surface area contributed by atoms with Crippen LogP contribution in [0.2, 0.25) is 5.28 Å². The van der Waals surface area contributed by atoms with Crippen molar-refractivity contribution in [3.8, 4) is 23.0 Å². The van der Waals surface area contributed by atoms with Gasteiger partial charge in [-0.2, -0.15) is 9.97 Å². The predicted molar refractivity (Wildman–Crippen MR) is 249 cm³/mol. The van der Waals surface area contributed by atoms with Crippen molar-refractivity contribution in [2.24, 2.45) is 0 Å². The number of benzene rings is 6. The SMILES string of the molecule is COc1ccc(C(Nc2nc(Cl)nc3c2ncn3[C@@H]2O[C@H](CO)C(OC(c3ccccc3)(c3ccc(OC)cc3)c3ccc(OC)cc3)[C@H]2F)(c2ccccc2)c2ccc(OC)cc2)cc1. The summed E-state index contributed by atoms with van der Waals surface area (Å²) in [4.78, 5) is 14.1. The van der Waals surface area contributed by atoms with E-state index in [1.54, 1.807) is 28.4 Å². The minimum absolute atomic E-state index is 0.125. The maximum Gasteiger partial charge on any atom is 0.226 e. The Morgan fingerprint density at radius 2 is 1.05 bits per heavy atom. The molecule has 2 aromatic heterocycles. The molecule has 4 atom stereocenters. The number of aliphatic hydroxyl groups excluding tert-OH is 1. The number of methoxy groups -OCH3 is 4. The first-order valence-corrected chi connectivity index (χ1v) is 21.6. The Balaban J connectivity index is 1.16. The van der Waals surface area contributed by atoms with Crippen LogP contribution in [-0.2, 0) is 20.6 Å². The average Bonchev–Trinajstić information content (AvgIpc) is 3.94. The average molecular weight is 908 g/mol. The van der Waals surface area contributed by atoms with E-state index in [2.05, 4.69) is 10.3 Å². The van der Waals surface area contributed by atoms with Gasteiger partial charge in [-0.1, -0.05) is 109 Å². The van der Waals surface area contributed by atoms with E-state index in [0.29, 0.717) is 39.7 Å². The Morgan fingerprint density at radius 3 is 1.50 bits per heavy atom. The number of ether oxygens (including phenoxy) is 6. The predicted octanol–water partition coefficient (Wildman–Crippen LogP) is 9.52. The summed E-state index contributed by atoms with van der Waals surface area (Å²) in [6.45, 7) is -0.559. The molecule has 3 heterocycles. The molecule has 1 saturated heterocycles. The molecular formula is C52H47ClFN5O7. The van der Waals surface area contributed by atoms with Crippen molar-refractivity contribution in [2.75, 3.05) is 40.4 Å². The lowest BCUT2D eigenvalue weighted by Gasteiger charge is -2.39. The van der Waals surface area contributed by atoms with Gasteiger partial charge < -0.3 is 38.8 Å². The van der Waals surface area contributed by atoms with Gasteiger partial charge >= 0.3 is 0 Å². The first-order chi connectivity index (χ1) is 32.3. The molecule has 0 spiro atoms. The number of alkyl halides is 1. The normalized spacial score (nSPS) is 17.4. The second-order valence-corrected chi connectivity index (χ2v) is 16.0. The first kappa shape index (κ1) is 44.2. The molecule has 0 saturated carbocycles. The van der Waals surface area contributed by atoms with Crippen LogP contribution < -0.4 is 24.3 Å². The van der Waals surface area contributed by atoms with E-state index in [-0.39, 0.29) is 22.3 Å². The van der Waals surface area contributed by atoms with Crippen LogP contribution in [0.25, 0.3) is 11.2 Å². The van der Waals surface area contributed by atoms with Crippen LogP contribution in [0.15, 0.2) is 164 Å². The van der Waals surface area contributed by atoms with E-state index in [1.165, 1.54) is 10.9 Å². The molecule has 0 radical (unpaired) electrons. The summed E-state index contributed by atoms with van der Waals surface area (Å²) in [6, 6.07) is 49.7. The highest BCUT2D eigenvalue weighted by molar-refractivity contribution is 6.28. The first-order valence-electron chi connectivity index (χ1n) is 21.2. The van der Waals surface area contributed by atoms with Crippen molar-refractivity contribution < 1.29 is 37.9 Å². The molecule has 8 aromatic rings. The number of halogens is 2. The lowest BCUT2D eigenvalue weighted by atomic mass is 9.77. The smallest absolute Gasteiger partial charge is 0.226 e. The molecular weight excluding hydrogens is 861 g/mol. The number of imidazole rings is 1. The number of aromatic nitrogens is 4. The number of anilines is 1. The van der Waals surface area contributed by atoms with Gasteiger partial charge in [0, 0.05) is 0 Å². The molecule has 66 heavy (non-hydrogen) atoms. The fourth-order valence-corrected chi connectivity index (χ4v) is 9.03. The quantitative estimate of drug-likeness (QED) is 0.0710. The zero-order valence-corrected chi connectivity index (χ0v) is 37.3. The van der Waals surface area contributed by atoms with Gasteiger partial charge in [0.1, 0.15) is 46.3 Å². The van der Waals surface area contributed by atoms with Crippen LogP contribution in [-0.4, -0.2) is 78.1 Å². The van der Waals surface area contributed by atoms with Crippen molar-refractivity contribution in [1.82, 2.24) is 19.5 Å². The van der Waals surface area contributed by atoms with E-state index in [1.807, 2.05) is 158 Å². The van der Waals surface area contributed by atoms with Gasteiger partial charge in [0.05, 0.1) is 41.4 Å². The van der Waals surface area contributed by atoms with Crippen LogP contribution in [0, 0.1) is 0 Å². The van der Waals surface area contributed by atoms with Crippen molar-refractivity contribution in [3.63, 3.8) is 0 Å². The molecule has 1 aliphatic heterocycles. The van der Waals surface area contributed by atoms with Gasteiger partial charge in [-0.15, -0.1) is 0 Å². The highest BCUT2D eigenvalue weighted by Crippen LogP contribution is 2.48. The monoisotopic (exact) mass is 907 g/mol. The highest BCUT2D eigenvalue weighted by Gasteiger charge is 2.52. The third-order valence-electron chi connectivity index (χ3n) is 12.2. The van der Waals surface area contributed by atoms with Crippen molar-refractivity contribution in [2.45, 2.75) is 35.7 Å². The zero-order chi connectivity index (χ0) is 45.8. The third kappa shape index (κ3) is 7.94. The van der Waals surface area contributed by atoms with Gasteiger partial charge in [-0.05, 0) is 93.5 Å². The van der Waals surface area contributed by atoms with Gasteiger partial charge in [0.15, 0.2) is 29.4 Å². The molecule has 6 aromatic carbocycles. The number of fused-ring (bicyclic) bond motifs is 1. The van der Waals surface area contributed by atoms with E-state index >= 15 is 4.39 Å². The Kier molecular flexibility index (Phi) is 12.6. The van der Waals surface area contributed by atoms with Gasteiger partial charge in [0.25, 0.3) is 0 Å². The minimum atomic E-state index is -1.87. The molecule has 14 heteroatoms. The molecule has 12 nitrogen and oxygen atoms in total. The lowest BCUT2D eigenvalue weighted by Crippen LogP contribution is -2.44. The largest absolute Gasteiger partial charge is 0.497 e. The molecule has 0 amide bonds. The summed E-state index contributed by atoms with van der Waals surface area (Å²) >= 11 is 6.81. The topological polar surface area (TPSA) is 131 Å². The summed E-state index contributed by atoms with van der Waals surface area (Å²) < 4.78 is 55.0. The van der Waals surface area contributed by atoms with Gasteiger partial charge in [-0.3, -0.25) is 4.57 Å². The number of hydrogen-bond acceptors (Lipinski definition) is 11. The maximum atomic E-state index is 17.8. The second kappa shape index (κ2) is 18.8. The fraction of sp³-hybridized carbons (Fsp3) is 0.212. The van der Waals surface area contributed by atoms with Crippen LogP contribution in [0.1, 0.15) is 39.6 Å². The lowest BCUT2D eigenvalue weighted by molar-refractivity contribution is -0.104. The van der Waals surface area contributed by atoms with Crippen LogP contribution in [0.5, 0.6) is 23.0 Å². The van der Waals surface area contributed by atoms with E-state index in [4.69, 9.17) is 50.0 Å². The zero-order valence-electron chi connectivity index (χ0n) is 36.5. The summed E-state index contributed by atoms with van der Waals surface area (Å²) in [6.07, 6.45) is -4.25. The number of rotatable bonds is 16. The third-order valence-corrected chi connectivity index (χ3v) is 12.3. The van der Waals surface area contributed by atoms with Crippen molar-refractivity contribution >= 4 is 28.6 Å². The van der Waals surface area contributed by atoms with Crippen molar-refractivity contribution in [3.05, 3.63) is 203 Å². The van der Waals surface area contributed by atoms with E-state index in [0.717, 1.165) is 16.7 Å². The highest BCUT2D eigenvalue weighted by atomic mass is 35.5. The minimum Gasteiger partial charge on any atom is -0.497 e. The Labute approximate surface area is 386 Å².